The van der Waals surface area contributed by atoms with Crippen molar-refractivity contribution in [3.05, 3.63) is 275 Å². The maximum Gasteiger partial charge on any atom is 0.145 e. The number of para-hydroxylation sites is 4. The van der Waals surface area contributed by atoms with Crippen LogP contribution < -0.4 is 9.80 Å². The second-order valence-corrected chi connectivity index (χ2v) is 18.2. The van der Waals surface area contributed by atoms with Gasteiger partial charge in [0.05, 0.1) is 16.5 Å². The Balaban J connectivity index is 1.26. The fourth-order valence-corrected chi connectivity index (χ4v) is 11.0. The van der Waals surface area contributed by atoms with Crippen LogP contribution in [0.25, 0.3) is 44.2 Å². The van der Waals surface area contributed by atoms with E-state index in [1.807, 2.05) is 0 Å². The highest BCUT2D eigenvalue weighted by Gasteiger charge is 2.49. The molecule has 0 N–H and O–H groups in total. The summed E-state index contributed by atoms with van der Waals surface area (Å²) < 4.78 is 7.51. The van der Waals surface area contributed by atoms with Crippen molar-refractivity contribution in [3.63, 3.8) is 0 Å². The minimum absolute atomic E-state index is 0.757. The molecule has 11 aromatic rings. The normalized spacial score (nSPS) is 12.5. The van der Waals surface area contributed by atoms with Crippen LogP contribution in [0.3, 0.4) is 0 Å². The molecule has 12 rings (SSSR count). The van der Waals surface area contributed by atoms with Crippen molar-refractivity contribution >= 4 is 56.1 Å². The van der Waals surface area contributed by atoms with E-state index in [1.165, 1.54) is 44.5 Å². The fourth-order valence-electron chi connectivity index (χ4n) is 11.0. The van der Waals surface area contributed by atoms with Crippen LogP contribution in [-0.2, 0) is 5.41 Å². The van der Waals surface area contributed by atoms with Gasteiger partial charge < -0.3 is 14.2 Å². The average molecular weight is 875 g/mol. The third kappa shape index (κ3) is 6.42. The number of benzene rings is 10. The molecule has 0 fully saturated rings. The number of fused-ring (bicyclic) bond motifs is 7. The number of aryl methyl sites for hydroxylation is 4. The quantitative estimate of drug-likeness (QED) is 0.144. The van der Waals surface area contributed by atoms with Gasteiger partial charge in [0.2, 0.25) is 0 Å². The summed E-state index contributed by atoms with van der Waals surface area (Å²) in [5, 5.41) is 2.16. The van der Waals surface area contributed by atoms with Crippen molar-refractivity contribution in [2.24, 2.45) is 0 Å². The molecule has 0 atom stereocenters. The molecule has 10 aromatic carbocycles. The summed E-state index contributed by atoms with van der Waals surface area (Å²) in [5.41, 5.74) is 21.7. The molecule has 3 heteroatoms. The molecule has 1 aliphatic rings. The van der Waals surface area contributed by atoms with Gasteiger partial charge in [-0.15, -0.1) is 0 Å². The van der Waals surface area contributed by atoms with Crippen molar-refractivity contribution in [1.29, 1.82) is 0 Å². The Kier molecular flexibility index (Phi) is 9.95. The van der Waals surface area contributed by atoms with Gasteiger partial charge >= 0.3 is 0 Å². The number of furan rings is 1. The van der Waals surface area contributed by atoms with E-state index in [1.54, 1.807) is 0 Å². The highest BCUT2D eigenvalue weighted by molar-refractivity contribution is 6.20. The molecule has 326 valence electrons. The minimum Gasteiger partial charge on any atom is -0.455 e. The largest absolute Gasteiger partial charge is 0.455 e. The molecule has 68 heavy (non-hydrogen) atoms. The van der Waals surface area contributed by atoms with Crippen molar-refractivity contribution in [1.82, 2.24) is 0 Å². The number of nitrogens with zero attached hydrogens (tertiary/aromatic N) is 2. The minimum atomic E-state index is -0.757. The van der Waals surface area contributed by atoms with Gasteiger partial charge in [-0.2, -0.15) is 0 Å². The predicted molar refractivity (Wildman–Crippen MR) is 285 cm³/mol. The van der Waals surface area contributed by atoms with Crippen LogP contribution in [0.15, 0.2) is 235 Å². The predicted octanol–water partition coefficient (Wildman–Crippen LogP) is 17.8. The van der Waals surface area contributed by atoms with Crippen LogP contribution in [-0.4, -0.2) is 0 Å². The summed E-state index contributed by atoms with van der Waals surface area (Å²) in [7, 11) is 0. The molecule has 3 nitrogen and oxygen atoms in total. The van der Waals surface area contributed by atoms with Crippen LogP contribution in [0.4, 0.5) is 34.1 Å². The standard InChI is InChI=1S/C65H50N2O/c1-43-22-14-18-32-56(43)66(57-33-19-15-23-44(57)2)51-37-39-52-54(41-51)65(49-28-10-6-11-29-49,50-30-12-7-13-31-50)55-42-60(67(58-34-20-16-24-45(58)3)59-35-21-17-25-46(59)4)63-53-38-36-48(47-26-8-5-9-27-47)40-61(53)68-64(63)62(52)55/h5-42H,1-4H3. The summed E-state index contributed by atoms with van der Waals surface area (Å²) in [5.74, 6) is 0. The highest BCUT2D eigenvalue weighted by atomic mass is 16.3. The summed E-state index contributed by atoms with van der Waals surface area (Å²) >= 11 is 0. The lowest BCUT2D eigenvalue weighted by Gasteiger charge is -2.36. The molecule has 0 unspecified atom stereocenters. The van der Waals surface area contributed by atoms with Crippen LogP contribution in [0, 0.1) is 27.7 Å². The van der Waals surface area contributed by atoms with Crippen LogP contribution in [0.5, 0.6) is 0 Å². The van der Waals surface area contributed by atoms with E-state index in [0.717, 1.165) is 78.3 Å². The van der Waals surface area contributed by atoms with Crippen LogP contribution >= 0.6 is 0 Å². The maximum atomic E-state index is 7.51. The Morgan fingerprint density at radius 3 is 1.35 bits per heavy atom. The molecule has 0 saturated heterocycles. The molecular weight excluding hydrogens is 825 g/mol. The summed E-state index contributed by atoms with van der Waals surface area (Å²) in [6.07, 6.45) is 0. The smallest absolute Gasteiger partial charge is 0.145 e. The van der Waals surface area contributed by atoms with Crippen molar-refractivity contribution in [2.75, 3.05) is 9.80 Å². The molecule has 0 saturated carbocycles. The Labute approximate surface area is 398 Å². The zero-order chi connectivity index (χ0) is 45.9. The fraction of sp³-hybridized carbons (Fsp3) is 0.0769. The first kappa shape index (κ1) is 41.1. The summed E-state index contributed by atoms with van der Waals surface area (Å²) in [6.45, 7) is 8.85. The third-order valence-corrected chi connectivity index (χ3v) is 14.2. The van der Waals surface area contributed by atoms with E-state index in [4.69, 9.17) is 4.42 Å². The molecule has 0 amide bonds. The summed E-state index contributed by atoms with van der Waals surface area (Å²) in [4.78, 5) is 4.93. The van der Waals surface area contributed by atoms with Gasteiger partial charge in [-0.25, -0.2) is 0 Å². The van der Waals surface area contributed by atoms with E-state index < -0.39 is 5.41 Å². The first-order valence-corrected chi connectivity index (χ1v) is 23.6. The van der Waals surface area contributed by atoms with Crippen molar-refractivity contribution < 1.29 is 4.42 Å². The van der Waals surface area contributed by atoms with E-state index in [2.05, 4.69) is 268 Å². The van der Waals surface area contributed by atoms with E-state index >= 15 is 0 Å². The first-order chi connectivity index (χ1) is 33.4. The molecule has 0 spiro atoms. The van der Waals surface area contributed by atoms with E-state index in [9.17, 15) is 0 Å². The topological polar surface area (TPSA) is 19.6 Å². The van der Waals surface area contributed by atoms with Gasteiger partial charge in [0.1, 0.15) is 11.2 Å². The average Bonchev–Trinajstić information content (AvgIpc) is 3.91. The van der Waals surface area contributed by atoms with Gasteiger partial charge in [0.15, 0.2) is 0 Å². The Morgan fingerprint density at radius 1 is 0.368 bits per heavy atom. The van der Waals surface area contributed by atoms with Crippen molar-refractivity contribution in [3.8, 4) is 22.3 Å². The first-order valence-electron chi connectivity index (χ1n) is 23.6. The SMILES string of the molecule is Cc1ccccc1N(c1ccc2c(c1)C(c1ccccc1)(c1ccccc1)c1cc(N(c3ccccc3C)c3ccccc3C)c3c(oc4cc(-c5ccccc5)ccc43)c1-2)c1ccccc1C. The molecule has 0 radical (unpaired) electrons. The zero-order valence-electron chi connectivity index (χ0n) is 38.7. The lowest BCUT2D eigenvalue weighted by molar-refractivity contribution is 0.669. The van der Waals surface area contributed by atoms with Gasteiger partial charge in [0, 0.05) is 39.4 Å². The Bertz CT molecular complexity index is 3550. The van der Waals surface area contributed by atoms with Gasteiger partial charge in [0.25, 0.3) is 0 Å². The molecular formula is C65H50N2O. The third-order valence-electron chi connectivity index (χ3n) is 14.2. The number of rotatable bonds is 9. The van der Waals surface area contributed by atoms with Gasteiger partial charge in [-0.05, 0) is 143 Å². The lowest BCUT2D eigenvalue weighted by Crippen LogP contribution is -2.29. The monoisotopic (exact) mass is 874 g/mol. The number of hydrogen-bond acceptors (Lipinski definition) is 3. The second kappa shape index (κ2) is 16.5. The molecule has 0 aliphatic heterocycles. The van der Waals surface area contributed by atoms with E-state index in [-0.39, 0.29) is 0 Å². The Morgan fingerprint density at radius 2 is 0.838 bits per heavy atom. The van der Waals surface area contributed by atoms with Crippen LogP contribution in [0.2, 0.25) is 0 Å². The van der Waals surface area contributed by atoms with Gasteiger partial charge in [-0.3, -0.25) is 0 Å². The van der Waals surface area contributed by atoms with Crippen molar-refractivity contribution in [2.45, 2.75) is 33.1 Å². The summed E-state index contributed by atoms with van der Waals surface area (Å²) in [6, 6.07) is 84.2. The zero-order valence-corrected chi connectivity index (χ0v) is 38.7. The molecule has 1 aliphatic carbocycles. The van der Waals surface area contributed by atoms with Crippen LogP contribution in [0.1, 0.15) is 44.5 Å². The second-order valence-electron chi connectivity index (χ2n) is 18.2. The van der Waals surface area contributed by atoms with E-state index in [0.29, 0.717) is 0 Å². The molecule has 1 heterocycles. The number of anilines is 6. The van der Waals surface area contributed by atoms with Gasteiger partial charge in [-0.1, -0.05) is 176 Å². The maximum absolute atomic E-state index is 7.51. The number of hydrogen-bond donors (Lipinski definition) is 0. The molecule has 1 aromatic heterocycles. The Hall–Kier alpha value is -8.40. The lowest BCUT2D eigenvalue weighted by atomic mass is 9.67. The molecule has 0 bridgehead atoms. The highest BCUT2D eigenvalue weighted by Crippen LogP contribution is 2.62.